The highest BCUT2D eigenvalue weighted by atomic mass is 79.9. The Kier molecular flexibility index (Phi) is 8.12. The van der Waals surface area contributed by atoms with Crippen molar-refractivity contribution in [3.05, 3.63) is 101 Å². The minimum absolute atomic E-state index is 0.146. The fourth-order valence-electron chi connectivity index (χ4n) is 4.46. The van der Waals surface area contributed by atoms with E-state index in [2.05, 4.69) is 53.4 Å². The summed E-state index contributed by atoms with van der Waals surface area (Å²) in [6, 6.07) is 17.7. The summed E-state index contributed by atoms with van der Waals surface area (Å²) in [5.74, 6) is -0.146. The highest BCUT2D eigenvalue weighted by Gasteiger charge is 2.16. The molecule has 5 rings (SSSR count). The predicted molar refractivity (Wildman–Crippen MR) is 157 cm³/mol. The first-order valence-corrected chi connectivity index (χ1v) is 13.5. The van der Waals surface area contributed by atoms with Gasteiger partial charge in [0.2, 0.25) is 0 Å². The van der Waals surface area contributed by atoms with Gasteiger partial charge < -0.3 is 15.5 Å². The molecule has 0 saturated carbocycles. The zero-order valence-electron chi connectivity index (χ0n) is 21.6. The van der Waals surface area contributed by atoms with Crippen LogP contribution >= 0.6 is 15.9 Å². The molecule has 4 aromatic rings. The van der Waals surface area contributed by atoms with Crippen LogP contribution in [0.5, 0.6) is 0 Å². The van der Waals surface area contributed by atoms with Gasteiger partial charge in [0, 0.05) is 83.9 Å². The first-order chi connectivity index (χ1) is 18.4. The number of rotatable bonds is 7. The van der Waals surface area contributed by atoms with Crippen LogP contribution in [0.1, 0.15) is 21.5 Å². The maximum absolute atomic E-state index is 13.1. The van der Waals surface area contributed by atoms with Crippen molar-refractivity contribution in [2.24, 2.45) is 0 Å². The smallest absolute Gasteiger partial charge is 0.255 e. The third-order valence-corrected chi connectivity index (χ3v) is 7.55. The second kappa shape index (κ2) is 11.9. The molecule has 0 spiro atoms. The molecule has 0 atom stereocenters. The summed E-state index contributed by atoms with van der Waals surface area (Å²) in [6.07, 6.45) is 7.18. The van der Waals surface area contributed by atoms with E-state index in [1.807, 2.05) is 73.9 Å². The van der Waals surface area contributed by atoms with Crippen molar-refractivity contribution < 1.29 is 4.79 Å². The summed E-state index contributed by atoms with van der Waals surface area (Å²) in [4.78, 5) is 26.5. The van der Waals surface area contributed by atoms with Gasteiger partial charge in [-0.05, 0) is 61.5 Å². The Morgan fingerprint density at radius 2 is 1.74 bits per heavy atom. The number of amides is 1. The van der Waals surface area contributed by atoms with Crippen LogP contribution in [0.25, 0.3) is 11.1 Å². The standard InChI is InChI=1S/C30H31BrN6O/c1-21-5-8-26(16-29(21)34-27-14-25(18-33-19-27)23-4-3-9-32-17-23)35-30(38)22-6-7-24(28(31)15-22)20-37-12-10-36(2)11-13-37/h3-9,14-19,34H,10-13,20H2,1-2H3,(H,35,38). The normalized spacial score (nSPS) is 14.3. The van der Waals surface area contributed by atoms with E-state index < -0.39 is 0 Å². The van der Waals surface area contributed by atoms with Gasteiger partial charge in [-0.3, -0.25) is 19.7 Å². The Bertz CT molecular complexity index is 1420. The summed E-state index contributed by atoms with van der Waals surface area (Å²) in [7, 11) is 2.16. The van der Waals surface area contributed by atoms with Crippen molar-refractivity contribution in [1.29, 1.82) is 0 Å². The molecule has 38 heavy (non-hydrogen) atoms. The molecule has 3 heterocycles. The van der Waals surface area contributed by atoms with Gasteiger partial charge in [-0.1, -0.05) is 34.1 Å². The van der Waals surface area contributed by atoms with E-state index in [4.69, 9.17) is 0 Å². The minimum atomic E-state index is -0.146. The highest BCUT2D eigenvalue weighted by Crippen LogP contribution is 2.27. The van der Waals surface area contributed by atoms with E-state index in [0.29, 0.717) is 5.56 Å². The van der Waals surface area contributed by atoms with Gasteiger partial charge in [-0.2, -0.15) is 0 Å². The van der Waals surface area contributed by atoms with Crippen molar-refractivity contribution in [2.45, 2.75) is 13.5 Å². The first kappa shape index (κ1) is 26.0. The summed E-state index contributed by atoms with van der Waals surface area (Å²) >= 11 is 3.68. The fourth-order valence-corrected chi connectivity index (χ4v) is 4.96. The van der Waals surface area contributed by atoms with Gasteiger partial charge in [-0.15, -0.1) is 0 Å². The average Bonchev–Trinajstić information content (AvgIpc) is 2.93. The molecule has 8 heteroatoms. The summed E-state index contributed by atoms with van der Waals surface area (Å²) in [5, 5.41) is 6.49. The van der Waals surface area contributed by atoms with E-state index in [9.17, 15) is 4.79 Å². The Morgan fingerprint density at radius 3 is 2.50 bits per heavy atom. The monoisotopic (exact) mass is 570 g/mol. The average molecular weight is 572 g/mol. The second-order valence-corrected chi connectivity index (χ2v) is 10.6. The van der Waals surface area contributed by atoms with Crippen LogP contribution in [-0.4, -0.2) is 58.9 Å². The Morgan fingerprint density at radius 1 is 0.921 bits per heavy atom. The lowest BCUT2D eigenvalue weighted by atomic mass is 10.1. The molecule has 1 fully saturated rings. The molecule has 7 nitrogen and oxygen atoms in total. The quantitative estimate of drug-likeness (QED) is 0.285. The summed E-state index contributed by atoms with van der Waals surface area (Å²) in [5.41, 5.74) is 7.32. The van der Waals surface area contributed by atoms with E-state index in [-0.39, 0.29) is 5.91 Å². The summed E-state index contributed by atoms with van der Waals surface area (Å²) in [6.45, 7) is 7.18. The van der Waals surface area contributed by atoms with Gasteiger partial charge in [-0.25, -0.2) is 0 Å². The third-order valence-electron chi connectivity index (χ3n) is 6.81. The summed E-state index contributed by atoms with van der Waals surface area (Å²) < 4.78 is 0.955. The number of hydrogen-bond acceptors (Lipinski definition) is 6. The topological polar surface area (TPSA) is 73.4 Å². The Hall–Kier alpha value is -3.59. The molecule has 0 aliphatic carbocycles. The molecule has 1 aliphatic rings. The van der Waals surface area contributed by atoms with Crippen molar-refractivity contribution >= 4 is 38.9 Å². The predicted octanol–water partition coefficient (Wildman–Crippen LogP) is 5.96. The van der Waals surface area contributed by atoms with Gasteiger partial charge >= 0.3 is 0 Å². The van der Waals surface area contributed by atoms with Crippen molar-refractivity contribution in [3.63, 3.8) is 0 Å². The number of pyridine rings is 2. The number of benzene rings is 2. The van der Waals surface area contributed by atoms with Crippen LogP contribution in [-0.2, 0) is 6.54 Å². The molecule has 2 aromatic heterocycles. The number of anilines is 3. The van der Waals surface area contributed by atoms with E-state index in [1.165, 1.54) is 5.56 Å². The third kappa shape index (κ3) is 6.45. The Balaban J connectivity index is 1.26. The molecule has 2 aromatic carbocycles. The number of nitrogens with zero attached hydrogens (tertiary/aromatic N) is 4. The first-order valence-electron chi connectivity index (χ1n) is 12.7. The lowest BCUT2D eigenvalue weighted by molar-refractivity contribution is 0.102. The van der Waals surface area contributed by atoms with Gasteiger partial charge in [0.15, 0.2) is 0 Å². The maximum Gasteiger partial charge on any atom is 0.255 e. The van der Waals surface area contributed by atoms with Crippen molar-refractivity contribution in [2.75, 3.05) is 43.9 Å². The Labute approximate surface area is 232 Å². The number of carbonyl (C=O) groups excluding carboxylic acids is 1. The molecule has 0 bridgehead atoms. The number of hydrogen-bond donors (Lipinski definition) is 2. The number of carbonyl (C=O) groups is 1. The van der Waals surface area contributed by atoms with Crippen LogP contribution < -0.4 is 10.6 Å². The molecule has 1 saturated heterocycles. The zero-order valence-corrected chi connectivity index (χ0v) is 23.2. The number of likely N-dealkylation sites (N-methyl/N-ethyl adjacent to an activating group) is 1. The molecule has 0 unspecified atom stereocenters. The number of nitrogens with one attached hydrogen (secondary N) is 2. The molecule has 1 aliphatic heterocycles. The molecular weight excluding hydrogens is 540 g/mol. The van der Waals surface area contributed by atoms with Crippen LogP contribution in [0.4, 0.5) is 17.1 Å². The SMILES string of the molecule is Cc1ccc(NC(=O)c2ccc(CN3CCN(C)CC3)c(Br)c2)cc1Nc1cncc(-c2cccnc2)c1. The molecule has 0 radical (unpaired) electrons. The maximum atomic E-state index is 13.1. The number of aryl methyl sites for hydroxylation is 1. The van der Waals surface area contributed by atoms with Crippen LogP contribution in [0.15, 0.2) is 83.9 Å². The van der Waals surface area contributed by atoms with Crippen LogP contribution in [0.3, 0.4) is 0 Å². The lowest BCUT2D eigenvalue weighted by Gasteiger charge is -2.32. The van der Waals surface area contributed by atoms with E-state index in [1.54, 1.807) is 12.4 Å². The minimum Gasteiger partial charge on any atom is -0.354 e. The zero-order chi connectivity index (χ0) is 26.5. The molecule has 194 valence electrons. The second-order valence-electron chi connectivity index (χ2n) is 9.70. The molecule has 1 amide bonds. The number of aromatic nitrogens is 2. The largest absolute Gasteiger partial charge is 0.354 e. The van der Waals surface area contributed by atoms with Gasteiger partial charge in [0.25, 0.3) is 5.91 Å². The van der Waals surface area contributed by atoms with Crippen LogP contribution in [0.2, 0.25) is 0 Å². The molecule has 2 N–H and O–H groups in total. The van der Waals surface area contributed by atoms with E-state index in [0.717, 1.165) is 70.9 Å². The van der Waals surface area contributed by atoms with Crippen LogP contribution in [0, 0.1) is 6.92 Å². The van der Waals surface area contributed by atoms with Crippen molar-refractivity contribution in [3.8, 4) is 11.1 Å². The fraction of sp³-hybridized carbons (Fsp3) is 0.233. The van der Waals surface area contributed by atoms with Gasteiger partial charge in [0.05, 0.1) is 11.9 Å². The lowest BCUT2D eigenvalue weighted by Crippen LogP contribution is -2.43. The number of halogens is 1. The molecular formula is C30H31BrN6O. The van der Waals surface area contributed by atoms with Crippen molar-refractivity contribution in [1.82, 2.24) is 19.8 Å². The van der Waals surface area contributed by atoms with Gasteiger partial charge in [0.1, 0.15) is 0 Å². The number of piperazine rings is 1. The van der Waals surface area contributed by atoms with E-state index >= 15 is 0 Å². The highest BCUT2D eigenvalue weighted by molar-refractivity contribution is 9.10.